The quantitative estimate of drug-likeness (QED) is 0.688. The van der Waals surface area contributed by atoms with E-state index < -0.39 is 0 Å². The average molecular weight is 201 g/mol. The molecular weight excluding hydrogens is 182 g/mol. The standard InChI is InChI=1S/C9H19N3S/c1-8-7-13-9(11-8)10-5-4-6-12(2)3/h8H,4-7H2,1-3H3,(H,10,11). The van der Waals surface area contributed by atoms with E-state index in [1.807, 2.05) is 11.8 Å². The summed E-state index contributed by atoms with van der Waals surface area (Å²) in [6, 6.07) is 0.595. The van der Waals surface area contributed by atoms with E-state index in [-0.39, 0.29) is 0 Å². The summed E-state index contributed by atoms with van der Waals surface area (Å²) in [4.78, 5) is 6.68. The summed E-state index contributed by atoms with van der Waals surface area (Å²) in [5.41, 5.74) is 0. The highest BCUT2D eigenvalue weighted by Gasteiger charge is 2.14. The molecule has 0 aromatic heterocycles. The predicted octanol–water partition coefficient (Wildman–Crippen LogP) is 1.02. The second-order valence-electron chi connectivity index (χ2n) is 3.70. The van der Waals surface area contributed by atoms with Crippen LogP contribution >= 0.6 is 11.8 Å². The zero-order chi connectivity index (χ0) is 9.68. The van der Waals surface area contributed by atoms with E-state index in [4.69, 9.17) is 0 Å². The van der Waals surface area contributed by atoms with Gasteiger partial charge in [0.05, 0.1) is 0 Å². The Bertz CT molecular complexity index is 180. The minimum atomic E-state index is 0.595. The summed E-state index contributed by atoms with van der Waals surface area (Å²) in [5.74, 6) is 1.16. The number of nitrogens with one attached hydrogen (secondary N) is 1. The molecule has 1 N–H and O–H groups in total. The molecule has 1 aliphatic heterocycles. The third kappa shape index (κ3) is 4.52. The molecule has 0 bridgehead atoms. The largest absolute Gasteiger partial charge is 0.362 e. The highest BCUT2D eigenvalue weighted by molar-refractivity contribution is 8.14. The van der Waals surface area contributed by atoms with Crippen LogP contribution in [0.1, 0.15) is 13.3 Å². The van der Waals surface area contributed by atoms with Gasteiger partial charge in [0.25, 0.3) is 0 Å². The smallest absolute Gasteiger partial charge is 0.156 e. The molecule has 1 atom stereocenters. The van der Waals surface area contributed by atoms with Crippen molar-refractivity contribution in [3.8, 4) is 0 Å². The van der Waals surface area contributed by atoms with Crippen LogP contribution in [-0.2, 0) is 0 Å². The lowest BCUT2D eigenvalue weighted by Gasteiger charge is -2.07. The van der Waals surface area contributed by atoms with E-state index in [9.17, 15) is 0 Å². The predicted molar refractivity (Wildman–Crippen MR) is 60.5 cm³/mol. The number of nitrogens with zero attached hydrogens (tertiary/aromatic N) is 2. The Morgan fingerprint density at radius 1 is 1.62 bits per heavy atom. The molecule has 0 radical (unpaired) electrons. The van der Waals surface area contributed by atoms with Crippen LogP contribution < -0.4 is 5.32 Å². The van der Waals surface area contributed by atoms with E-state index in [0.717, 1.165) is 30.4 Å². The molecule has 1 aliphatic rings. The van der Waals surface area contributed by atoms with Gasteiger partial charge >= 0.3 is 0 Å². The molecule has 1 saturated heterocycles. The van der Waals surface area contributed by atoms with E-state index >= 15 is 0 Å². The van der Waals surface area contributed by atoms with Gasteiger partial charge in [0.2, 0.25) is 0 Å². The summed E-state index contributed by atoms with van der Waals surface area (Å²) in [5, 5.41) is 4.47. The summed E-state index contributed by atoms with van der Waals surface area (Å²) >= 11 is 1.83. The third-order valence-corrected chi connectivity index (χ3v) is 3.05. The van der Waals surface area contributed by atoms with Crippen molar-refractivity contribution in [3.05, 3.63) is 0 Å². The lowest BCUT2D eigenvalue weighted by Crippen LogP contribution is -2.23. The zero-order valence-electron chi connectivity index (χ0n) is 8.71. The molecule has 76 valence electrons. The Labute approximate surface area is 85.0 Å². The molecule has 13 heavy (non-hydrogen) atoms. The van der Waals surface area contributed by atoms with Crippen molar-refractivity contribution in [1.29, 1.82) is 0 Å². The van der Waals surface area contributed by atoms with Gasteiger partial charge in [0.15, 0.2) is 5.17 Å². The normalized spacial score (nSPS) is 25.5. The number of aliphatic imine (C=N–C) groups is 1. The monoisotopic (exact) mass is 201 g/mol. The van der Waals surface area contributed by atoms with Gasteiger partial charge in [0.1, 0.15) is 0 Å². The van der Waals surface area contributed by atoms with Crippen LogP contribution in [0, 0.1) is 0 Å². The van der Waals surface area contributed by atoms with Crippen molar-refractivity contribution < 1.29 is 0 Å². The number of hydrogen-bond acceptors (Lipinski definition) is 3. The fraction of sp³-hybridized carbons (Fsp3) is 0.889. The molecule has 0 aromatic carbocycles. The van der Waals surface area contributed by atoms with Crippen molar-refractivity contribution in [2.45, 2.75) is 19.4 Å². The Morgan fingerprint density at radius 2 is 2.38 bits per heavy atom. The first-order valence-corrected chi connectivity index (χ1v) is 5.75. The second-order valence-corrected chi connectivity index (χ2v) is 4.71. The van der Waals surface area contributed by atoms with Gasteiger partial charge in [-0.1, -0.05) is 11.8 Å². The summed E-state index contributed by atoms with van der Waals surface area (Å²) in [6.45, 7) is 4.26. The minimum Gasteiger partial charge on any atom is -0.362 e. The van der Waals surface area contributed by atoms with E-state index in [1.54, 1.807) is 0 Å². The Balaban J connectivity index is 2.10. The molecular formula is C9H19N3S. The highest BCUT2D eigenvalue weighted by Crippen LogP contribution is 2.12. The average Bonchev–Trinajstić information content (AvgIpc) is 2.45. The van der Waals surface area contributed by atoms with E-state index in [1.165, 1.54) is 0 Å². The SMILES string of the molecule is CC1CSC(=NCCCN(C)C)N1. The molecule has 0 spiro atoms. The second kappa shape index (κ2) is 5.50. The first kappa shape index (κ1) is 10.9. The fourth-order valence-corrected chi connectivity index (χ4v) is 2.12. The number of thioether (sulfide) groups is 1. The van der Waals surface area contributed by atoms with E-state index in [2.05, 4.69) is 36.2 Å². The van der Waals surface area contributed by atoms with Crippen LogP contribution in [-0.4, -0.2) is 49.0 Å². The highest BCUT2D eigenvalue weighted by atomic mass is 32.2. The molecule has 3 nitrogen and oxygen atoms in total. The first-order chi connectivity index (χ1) is 6.18. The molecule has 1 unspecified atom stereocenters. The summed E-state index contributed by atoms with van der Waals surface area (Å²) in [6.07, 6.45) is 1.15. The van der Waals surface area contributed by atoms with Crippen LogP contribution in [0.15, 0.2) is 4.99 Å². The fourth-order valence-electron chi connectivity index (χ4n) is 1.16. The van der Waals surface area contributed by atoms with Crippen LogP contribution in [0.5, 0.6) is 0 Å². The maximum Gasteiger partial charge on any atom is 0.156 e. The van der Waals surface area contributed by atoms with Crippen molar-refractivity contribution in [2.24, 2.45) is 4.99 Å². The van der Waals surface area contributed by atoms with Crippen molar-refractivity contribution in [1.82, 2.24) is 10.2 Å². The topological polar surface area (TPSA) is 27.6 Å². The molecule has 0 aliphatic carbocycles. The van der Waals surface area contributed by atoms with Crippen molar-refractivity contribution >= 4 is 16.9 Å². The van der Waals surface area contributed by atoms with Gasteiger partial charge in [-0.05, 0) is 34.0 Å². The first-order valence-electron chi connectivity index (χ1n) is 4.77. The molecule has 4 heteroatoms. The molecule has 0 aromatic rings. The maximum atomic E-state index is 4.49. The van der Waals surface area contributed by atoms with Crippen molar-refractivity contribution in [3.63, 3.8) is 0 Å². The van der Waals surface area contributed by atoms with Gasteiger partial charge in [-0.3, -0.25) is 4.99 Å². The third-order valence-electron chi connectivity index (χ3n) is 1.86. The zero-order valence-corrected chi connectivity index (χ0v) is 9.52. The van der Waals surface area contributed by atoms with Crippen LogP contribution in [0.25, 0.3) is 0 Å². The molecule has 0 amide bonds. The van der Waals surface area contributed by atoms with Crippen LogP contribution in [0.3, 0.4) is 0 Å². The number of rotatable bonds is 4. The lowest BCUT2D eigenvalue weighted by atomic mass is 10.4. The summed E-state index contributed by atoms with van der Waals surface area (Å²) < 4.78 is 0. The molecule has 1 heterocycles. The van der Waals surface area contributed by atoms with Crippen LogP contribution in [0.4, 0.5) is 0 Å². The van der Waals surface area contributed by atoms with Crippen LogP contribution in [0.2, 0.25) is 0 Å². The number of amidine groups is 1. The minimum absolute atomic E-state index is 0.595. The van der Waals surface area contributed by atoms with Crippen molar-refractivity contribution in [2.75, 3.05) is 32.9 Å². The maximum absolute atomic E-state index is 4.49. The van der Waals surface area contributed by atoms with Gasteiger partial charge in [-0.25, -0.2) is 0 Å². The van der Waals surface area contributed by atoms with E-state index in [0.29, 0.717) is 6.04 Å². The molecule has 1 fully saturated rings. The molecule has 0 saturated carbocycles. The Morgan fingerprint density at radius 3 is 2.92 bits per heavy atom. The van der Waals surface area contributed by atoms with Gasteiger partial charge in [0, 0.05) is 18.3 Å². The summed E-state index contributed by atoms with van der Waals surface area (Å²) in [7, 11) is 4.19. The van der Waals surface area contributed by atoms with Gasteiger partial charge in [-0.2, -0.15) is 0 Å². The lowest BCUT2D eigenvalue weighted by molar-refractivity contribution is 0.403. The van der Waals surface area contributed by atoms with Gasteiger partial charge < -0.3 is 10.2 Å². The van der Waals surface area contributed by atoms with Gasteiger partial charge in [-0.15, -0.1) is 0 Å². The Kier molecular flexibility index (Phi) is 4.59. The Hall–Kier alpha value is -0.220. The number of hydrogen-bond donors (Lipinski definition) is 1. The molecule has 1 rings (SSSR count).